The fraction of sp³-hybridized carbons (Fsp3) is 0.733. The van der Waals surface area contributed by atoms with Crippen molar-refractivity contribution in [2.75, 3.05) is 25.0 Å². The van der Waals surface area contributed by atoms with E-state index in [0.717, 1.165) is 23.8 Å². The van der Waals surface area contributed by atoms with Gasteiger partial charge in [-0.25, -0.2) is 4.79 Å². The van der Waals surface area contributed by atoms with Crippen molar-refractivity contribution in [2.24, 2.45) is 0 Å². The smallest absolute Gasteiger partial charge is 0.343 e. The van der Waals surface area contributed by atoms with Gasteiger partial charge >= 0.3 is 5.97 Å². The summed E-state index contributed by atoms with van der Waals surface area (Å²) in [5, 5.41) is 4.13. The number of hydrogen-bond donors (Lipinski definition) is 1. The van der Waals surface area contributed by atoms with Gasteiger partial charge in [-0.15, -0.1) is 0 Å². The SMILES string of the molecule is CCOC(=O)c1c(C)nsc1NCCN(C(C)C)C(C)C. The Morgan fingerprint density at radius 2 is 1.95 bits per heavy atom. The number of carbonyl (C=O) groups excluding carboxylic acids is 1. The summed E-state index contributed by atoms with van der Waals surface area (Å²) >= 11 is 1.32. The molecule has 1 aromatic heterocycles. The average molecular weight is 313 g/mol. The summed E-state index contributed by atoms with van der Waals surface area (Å²) in [5.74, 6) is -0.296. The first kappa shape index (κ1) is 17.9. The van der Waals surface area contributed by atoms with E-state index in [1.807, 2.05) is 13.8 Å². The minimum absolute atomic E-state index is 0.296. The molecule has 0 saturated heterocycles. The first-order chi connectivity index (χ1) is 9.88. The number of hydrogen-bond acceptors (Lipinski definition) is 6. The lowest BCUT2D eigenvalue weighted by Gasteiger charge is -2.30. The number of carbonyl (C=O) groups is 1. The van der Waals surface area contributed by atoms with Gasteiger partial charge in [0.1, 0.15) is 10.6 Å². The molecule has 1 aromatic rings. The Bertz CT molecular complexity index is 450. The Morgan fingerprint density at radius 1 is 1.33 bits per heavy atom. The second-order valence-electron chi connectivity index (χ2n) is 5.54. The summed E-state index contributed by atoms with van der Waals surface area (Å²) in [6.07, 6.45) is 0. The highest BCUT2D eigenvalue weighted by atomic mass is 32.1. The van der Waals surface area contributed by atoms with E-state index in [0.29, 0.717) is 24.3 Å². The molecule has 120 valence electrons. The lowest BCUT2D eigenvalue weighted by molar-refractivity contribution is 0.0527. The van der Waals surface area contributed by atoms with Crippen LogP contribution in [0.2, 0.25) is 0 Å². The molecule has 5 nitrogen and oxygen atoms in total. The molecule has 0 aliphatic carbocycles. The van der Waals surface area contributed by atoms with E-state index in [4.69, 9.17) is 4.74 Å². The molecule has 0 spiro atoms. The van der Waals surface area contributed by atoms with E-state index in [2.05, 4.69) is 42.3 Å². The molecule has 1 N–H and O–H groups in total. The van der Waals surface area contributed by atoms with Crippen molar-refractivity contribution >= 4 is 22.5 Å². The van der Waals surface area contributed by atoms with Crippen molar-refractivity contribution < 1.29 is 9.53 Å². The summed E-state index contributed by atoms with van der Waals surface area (Å²) in [5.41, 5.74) is 1.30. The Labute approximate surface area is 131 Å². The van der Waals surface area contributed by atoms with Crippen molar-refractivity contribution in [1.29, 1.82) is 0 Å². The highest BCUT2D eigenvalue weighted by Crippen LogP contribution is 2.25. The first-order valence-electron chi connectivity index (χ1n) is 7.51. The predicted octanol–water partition coefficient (Wildman–Crippen LogP) is 3.16. The minimum Gasteiger partial charge on any atom is -0.462 e. The van der Waals surface area contributed by atoms with Crippen LogP contribution in [0.1, 0.15) is 50.7 Å². The van der Waals surface area contributed by atoms with Crippen molar-refractivity contribution in [1.82, 2.24) is 9.27 Å². The lowest BCUT2D eigenvalue weighted by Crippen LogP contribution is -2.40. The summed E-state index contributed by atoms with van der Waals surface area (Å²) in [7, 11) is 0. The zero-order valence-electron chi connectivity index (χ0n) is 13.9. The molecule has 21 heavy (non-hydrogen) atoms. The quantitative estimate of drug-likeness (QED) is 0.747. The van der Waals surface area contributed by atoms with Gasteiger partial charge < -0.3 is 10.1 Å². The fourth-order valence-electron chi connectivity index (χ4n) is 2.35. The van der Waals surface area contributed by atoms with E-state index in [9.17, 15) is 4.79 Å². The Kier molecular flexibility index (Phi) is 7.11. The van der Waals surface area contributed by atoms with Gasteiger partial charge in [-0.3, -0.25) is 4.90 Å². The van der Waals surface area contributed by atoms with Crippen molar-refractivity contribution in [2.45, 2.75) is 53.6 Å². The molecule has 6 heteroatoms. The molecule has 1 heterocycles. The van der Waals surface area contributed by atoms with Gasteiger partial charge in [0.15, 0.2) is 0 Å². The first-order valence-corrected chi connectivity index (χ1v) is 8.28. The predicted molar refractivity (Wildman–Crippen MR) is 88.3 cm³/mol. The Hall–Kier alpha value is -1.14. The number of rotatable bonds is 8. The summed E-state index contributed by atoms with van der Waals surface area (Å²) in [4.78, 5) is 14.4. The molecule has 0 radical (unpaired) electrons. The van der Waals surface area contributed by atoms with Crippen LogP contribution in [0, 0.1) is 6.92 Å². The number of ether oxygens (including phenoxy) is 1. The second kappa shape index (κ2) is 8.34. The van der Waals surface area contributed by atoms with Gasteiger partial charge in [0.2, 0.25) is 0 Å². The lowest BCUT2D eigenvalue weighted by atomic mass is 10.2. The third-order valence-electron chi connectivity index (χ3n) is 3.32. The Morgan fingerprint density at radius 3 is 2.48 bits per heavy atom. The van der Waals surface area contributed by atoms with Crippen molar-refractivity contribution in [3.63, 3.8) is 0 Å². The van der Waals surface area contributed by atoms with Crippen LogP contribution in [0.5, 0.6) is 0 Å². The second-order valence-corrected chi connectivity index (χ2v) is 6.32. The number of aromatic nitrogens is 1. The molecule has 0 fully saturated rings. The molecule has 0 aliphatic rings. The molecule has 0 unspecified atom stereocenters. The maximum atomic E-state index is 12.0. The monoisotopic (exact) mass is 313 g/mol. The molecule has 0 amide bonds. The third-order valence-corrected chi connectivity index (χ3v) is 4.22. The van der Waals surface area contributed by atoms with Crippen LogP contribution in [-0.4, -0.2) is 47.0 Å². The fourth-order valence-corrected chi connectivity index (χ4v) is 3.15. The molecule has 0 aromatic carbocycles. The van der Waals surface area contributed by atoms with Crippen molar-refractivity contribution in [3.05, 3.63) is 11.3 Å². The summed E-state index contributed by atoms with van der Waals surface area (Å²) < 4.78 is 9.34. The number of anilines is 1. The van der Waals surface area contributed by atoms with E-state index < -0.39 is 0 Å². The van der Waals surface area contributed by atoms with E-state index >= 15 is 0 Å². The number of aryl methyl sites for hydroxylation is 1. The highest BCUT2D eigenvalue weighted by molar-refractivity contribution is 7.10. The maximum Gasteiger partial charge on any atom is 0.343 e. The highest BCUT2D eigenvalue weighted by Gasteiger charge is 2.20. The molecular formula is C15H27N3O2S. The van der Waals surface area contributed by atoms with Crippen LogP contribution in [0.25, 0.3) is 0 Å². The number of esters is 1. The zero-order chi connectivity index (χ0) is 16.0. The molecule has 1 rings (SSSR count). The Balaban J connectivity index is 2.66. The van der Waals surface area contributed by atoms with Gasteiger partial charge in [0.25, 0.3) is 0 Å². The van der Waals surface area contributed by atoms with Gasteiger partial charge in [-0.05, 0) is 53.1 Å². The van der Waals surface area contributed by atoms with Gasteiger partial charge in [0, 0.05) is 25.2 Å². The normalized spacial score (nSPS) is 11.5. The van der Waals surface area contributed by atoms with Gasteiger partial charge in [0.05, 0.1) is 12.3 Å². The average Bonchev–Trinajstić information content (AvgIpc) is 2.75. The van der Waals surface area contributed by atoms with Crippen LogP contribution >= 0.6 is 11.5 Å². The zero-order valence-corrected chi connectivity index (χ0v) is 14.7. The van der Waals surface area contributed by atoms with Crippen LogP contribution in [0.4, 0.5) is 5.00 Å². The maximum absolute atomic E-state index is 12.0. The van der Waals surface area contributed by atoms with Crippen LogP contribution in [0.3, 0.4) is 0 Å². The molecule has 0 atom stereocenters. The van der Waals surface area contributed by atoms with Crippen LogP contribution in [0.15, 0.2) is 0 Å². The number of nitrogens with one attached hydrogen (secondary N) is 1. The molecule has 0 saturated carbocycles. The van der Waals surface area contributed by atoms with E-state index in [1.54, 1.807) is 0 Å². The van der Waals surface area contributed by atoms with Crippen LogP contribution in [-0.2, 0) is 4.74 Å². The van der Waals surface area contributed by atoms with Gasteiger partial charge in [-0.2, -0.15) is 4.37 Å². The molecule has 0 bridgehead atoms. The summed E-state index contributed by atoms with van der Waals surface area (Å²) in [6.45, 7) is 14.5. The largest absolute Gasteiger partial charge is 0.462 e. The minimum atomic E-state index is -0.296. The third kappa shape index (κ3) is 4.97. The molecule has 0 aliphatic heterocycles. The number of nitrogens with zero attached hydrogens (tertiary/aromatic N) is 2. The van der Waals surface area contributed by atoms with Crippen molar-refractivity contribution in [3.8, 4) is 0 Å². The standard InChI is InChI=1S/C15H27N3O2S/c1-7-20-15(19)13-12(6)17-21-14(13)16-8-9-18(10(2)3)11(4)5/h10-11,16H,7-9H2,1-6H3. The summed E-state index contributed by atoms with van der Waals surface area (Å²) in [6, 6.07) is 0.999. The topological polar surface area (TPSA) is 54.5 Å². The van der Waals surface area contributed by atoms with E-state index in [1.165, 1.54) is 11.5 Å². The van der Waals surface area contributed by atoms with Gasteiger partial charge in [-0.1, -0.05) is 0 Å². The van der Waals surface area contributed by atoms with Crippen LogP contribution < -0.4 is 5.32 Å². The molecular weight excluding hydrogens is 286 g/mol. The van der Waals surface area contributed by atoms with E-state index in [-0.39, 0.29) is 5.97 Å².